The van der Waals surface area contributed by atoms with Gasteiger partial charge in [-0.3, -0.25) is 0 Å². The van der Waals surface area contributed by atoms with Crippen molar-refractivity contribution in [2.75, 3.05) is 0 Å². The SMILES string of the molecule is Cc1c(O)c(O)c(-c2c3ccccc3c(-c3c(O)c(O)c(O)c(-c4c(O)c(O)c(O)c(O)c4O)c3O)c3ccccc23)c2c1oc1c3c(O)c(O)c(O)c(O)c3c(O)c(O)c12. The summed E-state index contributed by atoms with van der Waals surface area (Å²) in [5, 5.41) is 185. The van der Waals surface area contributed by atoms with Crippen molar-refractivity contribution < 1.29 is 91.2 Å². The average Bonchev–Trinajstić information content (AvgIpc) is 3.65. The Hall–Kier alpha value is -9.06. The minimum Gasteiger partial charge on any atom is -0.506 e. The van der Waals surface area contributed by atoms with Crippen molar-refractivity contribution in [1.29, 1.82) is 0 Å². The first-order chi connectivity index (χ1) is 28.8. The van der Waals surface area contributed by atoms with Crippen molar-refractivity contribution in [2.45, 2.75) is 6.92 Å². The van der Waals surface area contributed by atoms with Gasteiger partial charge in [-0.2, -0.15) is 0 Å². The minimum absolute atomic E-state index is 0.0425. The molecule has 0 saturated heterocycles. The number of furan rings is 1. The normalized spacial score (nSPS) is 11.8. The number of rotatable bonds is 3. The second kappa shape index (κ2) is 12.2. The van der Waals surface area contributed by atoms with Crippen molar-refractivity contribution in [3.8, 4) is 131 Å². The zero-order valence-electron chi connectivity index (χ0n) is 30.6. The predicted octanol–water partition coefficient (Wildman–Crippen LogP) is 7.35. The molecule has 0 unspecified atom stereocenters. The second-order valence-corrected chi connectivity index (χ2v) is 14.2. The smallest absolute Gasteiger partial charge is 0.208 e. The summed E-state index contributed by atoms with van der Waals surface area (Å²) in [4.78, 5) is 0. The number of benzene rings is 8. The lowest BCUT2D eigenvalue weighted by atomic mass is 9.82. The summed E-state index contributed by atoms with van der Waals surface area (Å²) < 4.78 is 6.12. The molecule has 0 aliphatic rings. The largest absolute Gasteiger partial charge is 0.506 e. The van der Waals surface area contributed by atoms with E-state index >= 15 is 0 Å². The van der Waals surface area contributed by atoms with Crippen LogP contribution in [0.3, 0.4) is 0 Å². The molecule has 0 fully saturated rings. The van der Waals surface area contributed by atoms with Crippen LogP contribution in [0.5, 0.6) is 97.7 Å². The lowest BCUT2D eigenvalue weighted by Gasteiger charge is -2.22. The van der Waals surface area contributed by atoms with Gasteiger partial charge in [0.05, 0.1) is 32.8 Å². The van der Waals surface area contributed by atoms with E-state index in [9.17, 15) is 86.8 Å². The Kier molecular flexibility index (Phi) is 7.52. The van der Waals surface area contributed by atoms with Crippen LogP contribution in [0.4, 0.5) is 0 Å². The predicted molar refractivity (Wildman–Crippen MR) is 216 cm³/mol. The highest BCUT2D eigenvalue weighted by Crippen LogP contribution is 2.65. The molecule has 0 amide bonds. The Morgan fingerprint density at radius 2 is 0.557 bits per heavy atom. The molecule has 0 saturated carbocycles. The summed E-state index contributed by atoms with van der Waals surface area (Å²) in [5.74, 6) is -20.3. The fourth-order valence-corrected chi connectivity index (χ4v) is 8.25. The van der Waals surface area contributed by atoms with Gasteiger partial charge in [0.25, 0.3) is 0 Å². The number of fused-ring (bicyclic) bond motifs is 7. The van der Waals surface area contributed by atoms with Gasteiger partial charge in [0.2, 0.25) is 34.5 Å². The van der Waals surface area contributed by atoms with Crippen molar-refractivity contribution >= 4 is 54.3 Å². The first kappa shape index (κ1) is 37.5. The van der Waals surface area contributed by atoms with Gasteiger partial charge < -0.3 is 91.2 Å². The van der Waals surface area contributed by atoms with Crippen LogP contribution >= 0.6 is 0 Å². The number of phenolic OH excluding ortho intramolecular Hbond substituents is 17. The van der Waals surface area contributed by atoms with Crippen molar-refractivity contribution in [3.63, 3.8) is 0 Å². The van der Waals surface area contributed by atoms with E-state index in [4.69, 9.17) is 4.42 Å². The Morgan fingerprint density at radius 3 is 1.03 bits per heavy atom. The number of hydrogen-bond acceptors (Lipinski definition) is 18. The molecule has 18 heteroatoms. The quantitative estimate of drug-likeness (QED) is 0.0469. The fourth-order valence-electron chi connectivity index (χ4n) is 8.25. The van der Waals surface area contributed by atoms with E-state index in [0.29, 0.717) is 0 Å². The van der Waals surface area contributed by atoms with E-state index in [1.54, 1.807) is 0 Å². The van der Waals surface area contributed by atoms with E-state index in [-0.39, 0.29) is 54.8 Å². The maximum Gasteiger partial charge on any atom is 0.208 e. The molecule has 17 N–H and O–H groups in total. The van der Waals surface area contributed by atoms with Crippen LogP contribution in [0.15, 0.2) is 52.9 Å². The van der Waals surface area contributed by atoms with Crippen LogP contribution in [-0.2, 0) is 0 Å². The Bertz CT molecular complexity index is 3430. The van der Waals surface area contributed by atoms with Gasteiger partial charge in [-0.1, -0.05) is 48.5 Å². The molecule has 1 aromatic heterocycles. The zero-order valence-corrected chi connectivity index (χ0v) is 30.6. The molecular formula is C43H28O18. The third kappa shape index (κ3) is 4.48. The summed E-state index contributed by atoms with van der Waals surface area (Å²) in [6.45, 7) is 1.33. The molecule has 0 aliphatic carbocycles. The van der Waals surface area contributed by atoms with Gasteiger partial charge >= 0.3 is 0 Å². The van der Waals surface area contributed by atoms with Crippen LogP contribution in [0, 0.1) is 6.92 Å². The summed E-state index contributed by atoms with van der Waals surface area (Å²) in [7, 11) is 0. The zero-order chi connectivity index (χ0) is 44.0. The molecule has 0 radical (unpaired) electrons. The van der Waals surface area contributed by atoms with Gasteiger partial charge in [0.1, 0.15) is 11.3 Å². The molecule has 18 nitrogen and oxygen atoms in total. The maximum absolute atomic E-state index is 12.0. The number of aromatic hydroxyl groups is 17. The van der Waals surface area contributed by atoms with Crippen molar-refractivity contribution in [3.05, 3.63) is 54.1 Å². The lowest BCUT2D eigenvalue weighted by molar-refractivity contribution is 0.329. The minimum atomic E-state index is -1.40. The molecule has 0 spiro atoms. The van der Waals surface area contributed by atoms with Gasteiger partial charge in [-0.25, -0.2) is 0 Å². The second-order valence-electron chi connectivity index (χ2n) is 14.2. The third-order valence-electron chi connectivity index (χ3n) is 11.1. The molecule has 9 rings (SSSR count). The number of hydrogen-bond donors (Lipinski definition) is 17. The van der Waals surface area contributed by atoms with Crippen LogP contribution in [0.1, 0.15) is 5.56 Å². The fraction of sp³-hybridized carbons (Fsp3) is 0.0233. The van der Waals surface area contributed by atoms with Crippen LogP contribution < -0.4 is 0 Å². The van der Waals surface area contributed by atoms with Gasteiger partial charge in [0.15, 0.2) is 63.1 Å². The number of phenols is 17. The molecule has 0 bridgehead atoms. The molecule has 9 aromatic rings. The monoisotopic (exact) mass is 832 g/mol. The van der Waals surface area contributed by atoms with E-state index in [1.165, 1.54) is 55.5 Å². The first-order valence-corrected chi connectivity index (χ1v) is 17.6. The Balaban J connectivity index is 1.50. The first-order valence-electron chi connectivity index (χ1n) is 17.6. The Labute approximate surface area is 337 Å². The summed E-state index contributed by atoms with van der Waals surface area (Å²) in [5.41, 5.74) is -4.04. The molecule has 1 heterocycles. The average molecular weight is 833 g/mol. The van der Waals surface area contributed by atoms with Crippen LogP contribution in [-0.4, -0.2) is 86.8 Å². The standard InChI is InChI=1S/C43H28O18/c1-10-25(44)27(46)17(18-23-34(53)28(47)22-24(43(23)61-42(10)18)35(54)40(59)37(56)33(22)52)15-11-6-2-4-8-13(11)16(14-9-5-3-7-12(14)15)19-26(45)20(30(49)36(55)29(19)48)21-31(50)38(57)41(60)39(58)32(21)51/h2-9,44-60H,1H3. The van der Waals surface area contributed by atoms with Crippen LogP contribution in [0.2, 0.25) is 0 Å². The van der Waals surface area contributed by atoms with E-state index in [2.05, 4.69) is 0 Å². The summed E-state index contributed by atoms with van der Waals surface area (Å²) >= 11 is 0. The van der Waals surface area contributed by atoms with Gasteiger partial charge in [0, 0.05) is 27.6 Å². The molecule has 8 aromatic carbocycles. The summed E-state index contributed by atoms with van der Waals surface area (Å²) in [6.07, 6.45) is 0. The third-order valence-corrected chi connectivity index (χ3v) is 11.1. The lowest BCUT2D eigenvalue weighted by Crippen LogP contribution is -1.95. The van der Waals surface area contributed by atoms with E-state index < -0.39 is 136 Å². The highest BCUT2D eigenvalue weighted by molar-refractivity contribution is 6.31. The van der Waals surface area contributed by atoms with E-state index in [0.717, 1.165) is 0 Å². The maximum atomic E-state index is 12.0. The topological polar surface area (TPSA) is 357 Å². The molecule has 0 atom stereocenters. The van der Waals surface area contributed by atoms with Crippen molar-refractivity contribution in [2.24, 2.45) is 0 Å². The van der Waals surface area contributed by atoms with Crippen molar-refractivity contribution in [1.82, 2.24) is 0 Å². The van der Waals surface area contributed by atoms with Gasteiger partial charge in [-0.05, 0) is 28.5 Å². The molecular weight excluding hydrogens is 804 g/mol. The van der Waals surface area contributed by atoms with E-state index in [1.807, 2.05) is 0 Å². The molecule has 308 valence electrons. The molecule has 0 aliphatic heterocycles. The van der Waals surface area contributed by atoms with Crippen LogP contribution in [0.25, 0.3) is 87.6 Å². The number of aryl methyl sites for hydroxylation is 1. The highest BCUT2D eigenvalue weighted by atomic mass is 16.4. The van der Waals surface area contributed by atoms with Gasteiger partial charge in [-0.15, -0.1) is 0 Å². The highest BCUT2D eigenvalue weighted by Gasteiger charge is 2.36. The molecule has 61 heavy (non-hydrogen) atoms. The Morgan fingerprint density at radius 1 is 0.262 bits per heavy atom. The summed E-state index contributed by atoms with van der Waals surface area (Å²) in [6, 6.07) is 12.0.